The zero-order valence-electron chi connectivity index (χ0n) is 15.9. The van der Waals surface area contributed by atoms with Crippen molar-refractivity contribution < 1.29 is 8.42 Å². The highest BCUT2D eigenvalue weighted by Gasteiger charge is 2.19. The molecule has 1 aliphatic rings. The summed E-state index contributed by atoms with van der Waals surface area (Å²) in [6.45, 7) is 3.95. The van der Waals surface area contributed by atoms with Crippen molar-refractivity contribution in [2.75, 3.05) is 18.0 Å². The number of piperidine rings is 1. The lowest BCUT2D eigenvalue weighted by atomic mass is 10.1. The lowest BCUT2D eigenvalue weighted by molar-refractivity contribution is 0.569. The smallest absolute Gasteiger partial charge is 0.241 e. The van der Waals surface area contributed by atoms with Crippen LogP contribution >= 0.6 is 0 Å². The van der Waals surface area contributed by atoms with Gasteiger partial charge in [-0.05, 0) is 37.6 Å². The molecule has 6 nitrogen and oxygen atoms in total. The van der Waals surface area contributed by atoms with Gasteiger partial charge in [-0.25, -0.2) is 23.1 Å². The third-order valence-electron chi connectivity index (χ3n) is 5.03. The van der Waals surface area contributed by atoms with Crippen LogP contribution in [0.2, 0.25) is 0 Å². The van der Waals surface area contributed by atoms with Crippen molar-refractivity contribution in [3.63, 3.8) is 0 Å². The molecule has 1 N–H and O–H groups in total. The normalized spacial score (nSPS) is 15.1. The minimum Gasteiger partial charge on any atom is -0.357 e. The number of hydrogen-bond acceptors (Lipinski definition) is 5. The molecule has 0 aliphatic carbocycles. The molecule has 2 aromatic carbocycles. The fourth-order valence-electron chi connectivity index (χ4n) is 3.64. The Kier molecular flexibility index (Phi) is 5.28. The molecule has 1 saturated heterocycles. The first-order valence-electron chi connectivity index (χ1n) is 9.60. The van der Waals surface area contributed by atoms with Gasteiger partial charge in [0.15, 0.2) is 0 Å². The summed E-state index contributed by atoms with van der Waals surface area (Å²) in [5, 5.41) is 1.60. The number of aryl methyl sites for hydroxylation is 1. The van der Waals surface area contributed by atoms with Gasteiger partial charge in [0.25, 0.3) is 0 Å². The molecule has 1 fully saturated rings. The molecule has 0 unspecified atom stereocenters. The van der Waals surface area contributed by atoms with E-state index in [4.69, 9.17) is 0 Å². The molecule has 28 heavy (non-hydrogen) atoms. The van der Waals surface area contributed by atoms with Crippen LogP contribution in [0.1, 0.15) is 30.8 Å². The highest BCUT2D eigenvalue weighted by atomic mass is 32.2. The summed E-state index contributed by atoms with van der Waals surface area (Å²) in [5.41, 5.74) is 0.843. The number of anilines is 1. The van der Waals surface area contributed by atoms with Crippen LogP contribution in [-0.2, 0) is 16.6 Å². The van der Waals surface area contributed by atoms with Crippen LogP contribution < -0.4 is 9.62 Å². The largest absolute Gasteiger partial charge is 0.357 e. The predicted octanol–water partition coefficient (Wildman–Crippen LogP) is 3.41. The SMILES string of the molecule is Cc1cc(N2CCCCC2)nc(CNS(=O)(=O)c2cccc3ccccc23)n1. The van der Waals surface area contributed by atoms with E-state index in [1.807, 2.05) is 43.3 Å². The van der Waals surface area contributed by atoms with E-state index in [0.717, 1.165) is 42.8 Å². The van der Waals surface area contributed by atoms with Gasteiger partial charge in [-0.15, -0.1) is 0 Å². The van der Waals surface area contributed by atoms with Crippen LogP contribution in [0.15, 0.2) is 53.4 Å². The second-order valence-electron chi connectivity index (χ2n) is 7.13. The first kappa shape index (κ1) is 18.8. The maximum absolute atomic E-state index is 12.9. The van der Waals surface area contributed by atoms with Crippen molar-refractivity contribution >= 4 is 26.6 Å². The van der Waals surface area contributed by atoms with Crippen molar-refractivity contribution in [1.29, 1.82) is 0 Å². The Bertz CT molecular complexity index is 1090. The molecule has 0 saturated carbocycles. The first-order chi connectivity index (χ1) is 13.5. The average Bonchev–Trinajstić information content (AvgIpc) is 2.72. The van der Waals surface area contributed by atoms with E-state index in [-0.39, 0.29) is 11.4 Å². The Hall–Kier alpha value is -2.51. The van der Waals surface area contributed by atoms with Crippen molar-refractivity contribution in [1.82, 2.24) is 14.7 Å². The van der Waals surface area contributed by atoms with Crippen molar-refractivity contribution in [2.45, 2.75) is 37.6 Å². The Labute approximate surface area is 165 Å². The average molecular weight is 397 g/mol. The van der Waals surface area contributed by atoms with Crippen LogP contribution in [0, 0.1) is 6.92 Å². The van der Waals surface area contributed by atoms with Gasteiger partial charge in [-0.3, -0.25) is 0 Å². The Morgan fingerprint density at radius 2 is 1.75 bits per heavy atom. The van der Waals surface area contributed by atoms with E-state index >= 15 is 0 Å². The second-order valence-corrected chi connectivity index (χ2v) is 8.87. The minimum absolute atomic E-state index is 0.0636. The zero-order chi connectivity index (χ0) is 19.6. The highest BCUT2D eigenvalue weighted by molar-refractivity contribution is 7.89. The molecule has 0 spiro atoms. The third kappa shape index (κ3) is 4.00. The fourth-order valence-corrected chi connectivity index (χ4v) is 4.85. The van der Waals surface area contributed by atoms with Gasteiger partial charge in [-0.1, -0.05) is 36.4 Å². The molecule has 0 bridgehead atoms. The van der Waals surface area contributed by atoms with Gasteiger partial charge in [0.1, 0.15) is 11.6 Å². The molecule has 0 amide bonds. The van der Waals surface area contributed by atoms with E-state index < -0.39 is 10.0 Å². The van der Waals surface area contributed by atoms with E-state index in [1.54, 1.807) is 12.1 Å². The molecule has 0 radical (unpaired) electrons. The summed E-state index contributed by atoms with van der Waals surface area (Å²) in [7, 11) is -3.68. The Balaban J connectivity index is 1.57. The molecule has 3 aromatic rings. The van der Waals surface area contributed by atoms with Crippen LogP contribution in [0.4, 0.5) is 5.82 Å². The molecule has 1 aliphatic heterocycles. The predicted molar refractivity (Wildman–Crippen MR) is 111 cm³/mol. The molecular formula is C21H24N4O2S. The highest BCUT2D eigenvalue weighted by Crippen LogP contribution is 2.23. The lowest BCUT2D eigenvalue weighted by Gasteiger charge is -2.28. The first-order valence-corrected chi connectivity index (χ1v) is 11.1. The summed E-state index contributed by atoms with van der Waals surface area (Å²) in [6, 6.07) is 14.7. The number of aromatic nitrogens is 2. The van der Waals surface area contributed by atoms with Crippen molar-refractivity contribution in [3.8, 4) is 0 Å². The Morgan fingerprint density at radius 1 is 1.00 bits per heavy atom. The van der Waals surface area contributed by atoms with Crippen LogP contribution in [0.25, 0.3) is 10.8 Å². The molecule has 1 aromatic heterocycles. The molecule has 7 heteroatoms. The van der Waals surface area contributed by atoms with E-state index in [1.165, 1.54) is 6.42 Å². The summed E-state index contributed by atoms with van der Waals surface area (Å²) >= 11 is 0. The summed E-state index contributed by atoms with van der Waals surface area (Å²) in [4.78, 5) is 11.6. The molecule has 4 rings (SSSR count). The lowest BCUT2D eigenvalue weighted by Crippen LogP contribution is -2.31. The molecule has 146 valence electrons. The van der Waals surface area contributed by atoms with Gasteiger partial charge < -0.3 is 4.90 Å². The number of hydrogen-bond donors (Lipinski definition) is 1. The van der Waals surface area contributed by atoms with Crippen molar-refractivity contribution in [2.24, 2.45) is 0 Å². The van der Waals surface area contributed by atoms with E-state index in [2.05, 4.69) is 19.6 Å². The number of nitrogens with one attached hydrogen (secondary N) is 1. The molecular weight excluding hydrogens is 372 g/mol. The van der Waals surface area contributed by atoms with Gasteiger partial charge in [0.2, 0.25) is 10.0 Å². The number of rotatable bonds is 5. The van der Waals surface area contributed by atoms with Crippen LogP contribution in [0.5, 0.6) is 0 Å². The number of nitrogens with zero attached hydrogens (tertiary/aromatic N) is 3. The number of fused-ring (bicyclic) bond motifs is 1. The van der Waals surface area contributed by atoms with E-state index in [9.17, 15) is 8.42 Å². The maximum atomic E-state index is 12.9. The summed E-state index contributed by atoms with van der Waals surface area (Å²) in [6.07, 6.45) is 3.57. The number of benzene rings is 2. The standard InChI is InChI=1S/C21H24N4O2S/c1-16-14-21(25-12-5-2-6-13-25)24-20(23-16)15-22-28(26,27)19-11-7-9-17-8-3-4-10-18(17)19/h3-4,7-11,14,22H,2,5-6,12-13,15H2,1H3. The number of sulfonamides is 1. The van der Waals surface area contributed by atoms with E-state index in [0.29, 0.717) is 11.2 Å². The van der Waals surface area contributed by atoms with Gasteiger partial charge in [0, 0.05) is 30.2 Å². The molecule has 2 heterocycles. The fraction of sp³-hybridized carbons (Fsp3) is 0.333. The maximum Gasteiger partial charge on any atom is 0.241 e. The second kappa shape index (κ2) is 7.85. The zero-order valence-corrected chi connectivity index (χ0v) is 16.7. The van der Waals surface area contributed by atoms with Gasteiger partial charge in [0.05, 0.1) is 11.4 Å². The minimum atomic E-state index is -3.68. The third-order valence-corrected chi connectivity index (χ3v) is 6.49. The Morgan fingerprint density at radius 3 is 2.57 bits per heavy atom. The van der Waals surface area contributed by atoms with Crippen molar-refractivity contribution in [3.05, 3.63) is 60.0 Å². The topological polar surface area (TPSA) is 75.2 Å². The van der Waals surface area contributed by atoms with Crippen LogP contribution in [0.3, 0.4) is 0 Å². The van der Waals surface area contributed by atoms with Gasteiger partial charge in [-0.2, -0.15) is 0 Å². The summed E-state index contributed by atoms with van der Waals surface area (Å²) in [5.74, 6) is 1.37. The quantitative estimate of drug-likeness (QED) is 0.715. The summed E-state index contributed by atoms with van der Waals surface area (Å²) < 4.78 is 28.5. The molecule has 0 atom stereocenters. The van der Waals surface area contributed by atoms with Crippen LogP contribution in [-0.4, -0.2) is 31.5 Å². The monoisotopic (exact) mass is 396 g/mol. The van der Waals surface area contributed by atoms with Gasteiger partial charge >= 0.3 is 0 Å².